The number of aliphatic carboxylic acids is 1. The summed E-state index contributed by atoms with van der Waals surface area (Å²) in [5.74, 6) is -0.773. The molecular formula is C14H26N2O3. The van der Waals surface area contributed by atoms with Gasteiger partial charge in [0.05, 0.1) is 0 Å². The molecule has 0 bridgehead atoms. The number of carboxylic acid groups (broad SMARTS) is 1. The zero-order chi connectivity index (χ0) is 14.6. The van der Waals surface area contributed by atoms with Gasteiger partial charge in [0.15, 0.2) is 0 Å². The number of carbonyl (C=O) groups excluding carboxylic acids is 1. The number of rotatable bonds is 6. The predicted octanol–water partition coefficient (Wildman–Crippen LogP) is 1.61. The molecule has 1 rings (SSSR count). The van der Waals surface area contributed by atoms with Gasteiger partial charge in [-0.05, 0) is 25.2 Å². The van der Waals surface area contributed by atoms with Crippen LogP contribution in [0.3, 0.4) is 0 Å². The molecule has 0 aromatic carbocycles. The number of nitrogens with two attached hydrogens (primary N) is 1. The van der Waals surface area contributed by atoms with Crippen LogP contribution >= 0.6 is 0 Å². The van der Waals surface area contributed by atoms with Crippen LogP contribution in [0.1, 0.15) is 52.9 Å². The van der Waals surface area contributed by atoms with Gasteiger partial charge in [-0.1, -0.05) is 27.2 Å². The van der Waals surface area contributed by atoms with E-state index >= 15 is 0 Å². The minimum Gasteiger partial charge on any atom is -0.479 e. The molecule has 0 radical (unpaired) electrons. The molecule has 1 heterocycles. The van der Waals surface area contributed by atoms with Gasteiger partial charge < -0.3 is 15.7 Å². The maximum atomic E-state index is 12.3. The minimum absolute atomic E-state index is 0.116. The van der Waals surface area contributed by atoms with Crippen LogP contribution in [0.2, 0.25) is 0 Å². The highest BCUT2D eigenvalue weighted by Gasteiger charge is 2.49. The SMILES string of the molecule is CCCC1(C(=O)O)CCCN1C(=O)CC(N)C(C)C. The number of carbonyl (C=O) groups is 2. The zero-order valence-corrected chi connectivity index (χ0v) is 12.2. The van der Waals surface area contributed by atoms with Gasteiger partial charge in [0.1, 0.15) is 5.54 Å². The molecule has 0 saturated carbocycles. The van der Waals surface area contributed by atoms with E-state index in [9.17, 15) is 14.7 Å². The quantitative estimate of drug-likeness (QED) is 0.768. The Morgan fingerprint density at radius 2 is 2.05 bits per heavy atom. The van der Waals surface area contributed by atoms with Crippen molar-refractivity contribution in [2.45, 2.75) is 64.5 Å². The molecule has 0 aromatic rings. The van der Waals surface area contributed by atoms with Gasteiger partial charge in [-0.3, -0.25) is 4.79 Å². The number of hydrogen-bond acceptors (Lipinski definition) is 3. The predicted molar refractivity (Wildman–Crippen MR) is 73.7 cm³/mol. The Kier molecular flexibility index (Phi) is 5.35. The van der Waals surface area contributed by atoms with Gasteiger partial charge in [0.25, 0.3) is 0 Å². The maximum Gasteiger partial charge on any atom is 0.329 e. The third-order valence-electron chi connectivity index (χ3n) is 4.12. The summed E-state index contributed by atoms with van der Waals surface area (Å²) in [7, 11) is 0. The van der Waals surface area contributed by atoms with Crippen molar-refractivity contribution in [2.75, 3.05) is 6.54 Å². The summed E-state index contributed by atoms with van der Waals surface area (Å²) in [6.45, 7) is 6.43. The summed E-state index contributed by atoms with van der Waals surface area (Å²) in [6, 6.07) is -0.207. The lowest BCUT2D eigenvalue weighted by Crippen LogP contribution is -2.54. The molecule has 5 nitrogen and oxygen atoms in total. The van der Waals surface area contributed by atoms with Crippen molar-refractivity contribution < 1.29 is 14.7 Å². The van der Waals surface area contributed by atoms with Crippen molar-refractivity contribution in [1.29, 1.82) is 0 Å². The van der Waals surface area contributed by atoms with Crippen molar-refractivity contribution in [3.63, 3.8) is 0 Å². The van der Waals surface area contributed by atoms with E-state index < -0.39 is 11.5 Å². The molecule has 0 aliphatic carbocycles. The molecule has 1 aliphatic heterocycles. The van der Waals surface area contributed by atoms with Crippen LogP contribution in [0.4, 0.5) is 0 Å². The zero-order valence-electron chi connectivity index (χ0n) is 12.2. The van der Waals surface area contributed by atoms with Crippen molar-refractivity contribution in [3.05, 3.63) is 0 Å². The van der Waals surface area contributed by atoms with Crippen LogP contribution < -0.4 is 5.73 Å². The van der Waals surface area contributed by atoms with Crippen LogP contribution in [-0.2, 0) is 9.59 Å². The van der Waals surface area contributed by atoms with E-state index in [2.05, 4.69) is 0 Å². The summed E-state index contributed by atoms with van der Waals surface area (Å²) in [6.07, 6.45) is 2.82. The Morgan fingerprint density at radius 1 is 1.42 bits per heavy atom. The van der Waals surface area contributed by atoms with Crippen LogP contribution in [0.25, 0.3) is 0 Å². The van der Waals surface area contributed by atoms with E-state index in [1.54, 1.807) is 4.90 Å². The molecule has 2 atom stereocenters. The first-order chi connectivity index (χ1) is 8.85. The fraction of sp³-hybridized carbons (Fsp3) is 0.857. The largest absolute Gasteiger partial charge is 0.479 e. The van der Waals surface area contributed by atoms with Crippen LogP contribution in [-0.4, -0.2) is 40.0 Å². The maximum absolute atomic E-state index is 12.3. The molecule has 5 heteroatoms. The van der Waals surface area contributed by atoms with Gasteiger partial charge >= 0.3 is 5.97 Å². The molecule has 2 unspecified atom stereocenters. The molecule has 0 spiro atoms. The summed E-state index contributed by atoms with van der Waals surface area (Å²) >= 11 is 0. The first-order valence-corrected chi connectivity index (χ1v) is 7.14. The van der Waals surface area contributed by atoms with Gasteiger partial charge in [0, 0.05) is 19.0 Å². The number of hydrogen-bond donors (Lipinski definition) is 2. The number of amides is 1. The summed E-state index contributed by atoms with van der Waals surface area (Å²) in [5.41, 5.74) is 4.93. The minimum atomic E-state index is -0.997. The molecular weight excluding hydrogens is 244 g/mol. The fourth-order valence-corrected chi connectivity index (χ4v) is 2.79. The average Bonchev–Trinajstić information content (AvgIpc) is 2.74. The topological polar surface area (TPSA) is 83.6 Å². The molecule has 19 heavy (non-hydrogen) atoms. The molecule has 1 fully saturated rings. The molecule has 1 saturated heterocycles. The molecule has 0 aromatic heterocycles. The Bertz CT molecular complexity index is 344. The normalized spacial score (nSPS) is 24.8. The first-order valence-electron chi connectivity index (χ1n) is 7.14. The Hall–Kier alpha value is -1.10. The monoisotopic (exact) mass is 270 g/mol. The third kappa shape index (κ3) is 3.26. The van der Waals surface area contributed by atoms with Crippen LogP contribution in [0, 0.1) is 5.92 Å². The second kappa shape index (κ2) is 6.37. The van der Waals surface area contributed by atoms with Crippen LogP contribution in [0.5, 0.6) is 0 Å². The standard InChI is InChI=1S/C14H26N2O3/c1-4-6-14(13(18)19)7-5-8-16(14)12(17)9-11(15)10(2)3/h10-11H,4-9,15H2,1-3H3,(H,18,19). The first kappa shape index (κ1) is 16.0. The summed E-state index contributed by atoms with van der Waals surface area (Å²) < 4.78 is 0. The summed E-state index contributed by atoms with van der Waals surface area (Å²) in [5, 5.41) is 9.53. The molecule has 110 valence electrons. The van der Waals surface area contributed by atoms with Gasteiger partial charge in [-0.15, -0.1) is 0 Å². The lowest BCUT2D eigenvalue weighted by Gasteiger charge is -2.35. The van der Waals surface area contributed by atoms with Crippen molar-refractivity contribution in [3.8, 4) is 0 Å². The Labute approximate surface area is 115 Å². The van der Waals surface area contributed by atoms with E-state index in [4.69, 9.17) is 5.73 Å². The fourth-order valence-electron chi connectivity index (χ4n) is 2.79. The smallest absolute Gasteiger partial charge is 0.329 e. The molecule has 1 amide bonds. The van der Waals surface area contributed by atoms with E-state index in [1.165, 1.54) is 0 Å². The van der Waals surface area contributed by atoms with Crippen molar-refractivity contribution in [1.82, 2.24) is 4.90 Å². The number of likely N-dealkylation sites (tertiary alicyclic amines) is 1. The number of nitrogens with zero attached hydrogens (tertiary/aromatic N) is 1. The summed E-state index contributed by atoms with van der Waals surface area (Å²) in [4.78, 5) is 25.5. The highest BCUT2D eigenvalue weighted by molar-refractivity contribution is 5.88. The van der Waals surface area contributed by atoms with Gasteiger partial charge in [-0.25, -0.2) is 4.79 Å². The van der Waals surface area contributed by atoms with E-state index in [0.29, 0.717) is 19.4 Å². The molecule has 3 N–H and O–H groups in total. The van der Waals surface area contributed by atoms with Crippen LogP contribution in [0.15, 0.2) is 0 Å². The Morgan fingerprint density at radius 3 is 2.53 bits per heavy atom. The second-order valence-electron chi connectivity index (χ2n) is 5.85. The van der Waals surface area contributed by atoms with E-state index in [1.807, 2.05) is 20.8 Å². The highest BCUT2D eigenvalue weighted by Crippen LogP contribution is 2.34. The van der Waals surface area contributed by atoms with E-state index in [-0.39, 0.29) is 24.3 Å². The molecule has 1 aliphatic rings. The van der Waals surface area contributed by atoms with Crippen molar-refractivity contribution >= 4 is 11.9 Å². The third-order valence-corrected chi connectivity index (χ3v) is 4.12. The average molecular weight is 270 g/mol. The van der Waals surface area contributed by atoms with Gasteiger partial charge in [0.2, 0.25) is 5.91 Å². The Balaban J connectivity index is 2.85. The second-order valence-corrected chi connectivity index (χ2v) is 5.85. The number of carboxylic acids is 1. The van der Waals surface area contributed by atoms with Crippen molar-refractivity contribution in [2.24, 2.45) is 11.7 Å². The highest BCUT2D eigenvalue weighted by atomic mass is 16.4. The lowest BCUT2D eigenvalue weighted by molar-refractivity contribution is -0.157. The van der Waals surface area contributed by atoms with Gasteiger partial charge in [-0.2, -0.15) is 0 Å². The van der Waals surface area contributed by atoms with E-state index in [0.717, 1.165) is 12.8 Å². The lowest BCUT2D eigenvalue weighted by atomic mass is 9.90.